The van der Waals surface area contributed by atoms with Crippen molar-refractivity contribution in [1.82, 2.24) is 0 Å². The molecular weight excluding hydrogens is 203 g/mol. The Morgan fingerprint density at radius 2 is 1.29 bits per heavy atom. The van der Waals surface area contributed by atoms with Gasteiger partial charge in [0.05, 0.1) is 0 Å². The van der Waals surface area contributed by atoms with Crippen LogP contribution in [-0.4, -0.2) is 51.4 Å². The van der Waals surface area contributed by atoms with Crippen molar-refractivity contribution in [2.24, 2.45) is 0 Å². The molecule has 7 heavy (non-hydrogen) atoms. The van der Waals surface area contributed by atoms with Crippen LogP contribution in [0.5, 0.6) is 0 Å². The van der Waals surface area contributed by atoms with Gasteiger partial charge in [0, 0.05) is 0 Å². The van der Waals surface area contributed by atoms with Crippen molar-refractivity contribution in [2.75, 3.05) is 0 Å². The molecule has 0 bridgehead atoms. The van der Waals surface area contributed by atoms with Gasteiger partial charge < -0.3 is 0 Å². The minimum absolute atomic E-state index is 0. The zero-order valence-corrected chi connectivity index (χ0v) is 4.81. The fourth-order valence-corrected chi connectivity index (χ4v) is 0.475. The van der Waals surface area contributed by atoms with E-state index in [1.165, 1.54) is 0 Å². The standard InChI is InChI=1S/2CN.2Fe.K.H/c2*1-2;;;;. The van der Waals surface area contributed by atoms with Gasteiger partial charge in [0.15, 0.2) is 0 Å². The van der Waals surface area contributed by atoms with Crippen molar-refractivity contribution in [1.29, 1.82) is 10.5 Å². The Kier molecular flexibility index (Phi) is 17.3. The molecule has 0 fully saturated rings. The van der Waals surface area contributed by atoms with Crippen LogP contribution in [0.25, 0.3) is 0 Å². The molecule has 0 N–H and O–H groups in total. The molecule has 0 atom stereocenters. The Labute approximate surface area is 95.9 Å². The Morgan fingerprint density at radius 1 is 1.00 bits per heavy atom. The van der Waals surface area contributed by atoms with E-state index in [9.17, 15) is 0 Å². The van der Waals surface area contributed by atoms with Gasteiger partial charge in [-0.25, -0.2) is 0 Å². The van der Waals surface area contributed by atoms with Crippen LogP contribution in [0.15, 0.2) is 0 Å². The molecular formula is C2HFe2KN2. The normalized spacial score (nSPS) is 6.00. The summed E-state index contributed by atoms with van der Waals surface area (Å²) in [5, 5.41) is 15.6. The number of nitriles is 2. The van der Waals surface area contributed by atoms with Gasteiger partial charge in [-0.2, -0.15) is 0 Å². The molecule has 0 unspecified atom stereocenters. The molecule has 0 aromatic rings. The predicted molar refractivity (Wildman–Crippen MR) is 18.4 cm³/mol. The Hall–Kier alpha value is 1.66. The second-order valence-electron chi connectivity index (χ2n) is 0.283. The molecule has 0 amide bonds. The molecule has 0 aliphatic heterocycles. The maximum absolute atomic E-state index is 7.80. The number of hydrogen-bond acceptors (Lipinski definition) is 2. The Balaban J connectivity index is 0. The van der Waals surface area contributed by atoms with Crippen LogP contribution in [0.1, 0.15) is 0 Å². The molecule has 0 spiro atoms. The molecule has 0 aliphatic carbocycles. The van der Waals surface area contributed by atoms with Gasteiger partial charge in [-0.1, -0.05) is 0 Å². The second kappa shape index (κ2) is 10.6. The third-order valence-electron chi connectivity index (χ3n) is 0.0872. The summed E-state index contributed by atoms with van der Waals surface area (Å²) in [4.78, 5) is 3.69. The quantitative estimate of drug-likeness (QED) is 0.422. The third-order valence-corrected chi connectivity index (χ3v) is 1.48. The summed E-state index contributed by atoms with van der Waals surface area (Å²) in [5.74, 6) is 0. The second-order valence-corrected chi connectivity index (χ2v) is 2.78. The summed E-state index contributed by atoms with van der Waals surface area (Å²) in [6.45, 7) is 0. The molecule has 0 aliphatic rings. The summed E-state index contributed by atoms with van der Waals surface area (Å²) in [6, 6.07) is 0. The van der Waals surface area contributed by atoms with Gasteiger partial charge in [0.1, 0.15) is 0 Å². The van der Waals surface area contributed by atoms with E-state index in [0.29, 0.717) is 26.3 Å². The van der Waals surface area contributed by atoms with E-state index in [4.69, 9.17) is 10.5 Å². The van der Waals surface area contributed by atoms with Crippen molar-refractivity contribution in [3.63, 3.8) is 0 Å². The first kappa shape index (κ1) is 11.5. The van der Waals surface area contributed by atoms with Crippen molar-refractivity contribution in [3.8, 4) is 9.94 Å². The maximum atomic E-state index is 7.80. The monoisotopic (exact) mass is 204 g/mol. The molecule has 0 saturated carbocycles. The number of rotatable bonds is 1. The summed E-state index contributed by atoms with van der Waals surface area (Å²) < 4.78 is 0. The summed E-state index contributed by atoms with van der Waals surface area (Å²) in [7, 11) is 0. The van der Waals surface area contributed by atoms with Gasteiger partial charge in [0.25, 0.3) is 0 Å². The third kappa shape index (κ3) is 11.3. The Morgan fingerprint density at radius 3 is 1.43 bits per heavy atom. The predicted octanol–water partition coefficient (Wildman–Crippen LogP) is -0.620. The van der Waals surface area contributed by atoms with E-state index < -0.39 is 0 Å². The average molecular weight is 204 g/mol. The first-order chi connectivity index (χ1) is 2.91. The molecule has 36 valence electrons. The summed E-state index contributed by atoms with van der Waals surface area (Å²) in [6.07, 6.45) is 0. The van der Waals surface area contributed by atoms with Crippen LogP contribution in [0.2, 0.25) is 0 Å². The van der Waals surface area contributed by atoms with Crippen LogP contribution in [0.3, 0.4) is 0 Å². The molecule has 0 aromatic carbocycles. The van der Waals surface area contributed by atoms with Crippen LogP contribution >= 0.6 is 0 Å². The molecule has 0 saturated heterocycles. The summed E-state index contributed by atoms with van der Waals surface area (Å²) >= 11 is 0.715. The first-order valence-corrected chi connectivity index (χ1v) is 4.03. The number of hydrogen-bond donors (Lipinski definition) is 0. The van der Waals surface area contributed by atoms with E-state index in [0.717, 1.165) is 0 Å². The van der Waals surface area contributed by atoms with E-state index in [2.05, 4.69) is 0 Å². The van der Waals surface area contributed by atoms with Crippen molar-refractivity contribution in [2.45, 2.75) is 0 Å². The molecule has 0 aromatic heterocycles. The van der Waals surface area contributed by atoms with Crippen LogP contribution in [0, 0.1) is 20.5 Å². The van der Waals surface area contributed by atoms with Gasteiger partial charge in [-0.15, -0.1) is 0 Å². The van der Waals surface area contributed by atoms with E-state index in [1.54, 1.807) is 0 Å². The van der Waals surface area contributed by atoms with E-state index in [1.807, 2.05) is 9.94 Å². The van der Waals surface area contributed by atoms with Crippen LogP contribution < -0.4 is 0 Å². The molecule has 5 heteroatoms. The zero-order valence-electron chi connectivity index (χ0n) is 2.60. The fraction of sp³-hybridized carbons (Fsp3) is 0. The van der Waals surface area contributed by atoms with Crippen molar-refractivity contribution in [3.05, 3.63) is 0 Å². The molecule has 0 rings (SSSR count). The van der Waals surface area contributed by atoms with Gasteiger partial charge in [-0.05, 0) is 0 Å². The Bertz CT molecular complexity index is 87.2. The average Bonchev–Trinajstić information content (AvgIpc) is 1.61. The van der Waals surface area contributed by atoms with Crippen molar-refractivity contribution >= 4 is 51.4 Å². The molecule has 2 nitrogen and oxygen atoms in total. The zero-order chi connectivity index (χ0) is 4.83. The van der Waals surface area contributed by atoms with Gasteiger partial charge in [-0.3, -0.25) is 0 Å². The SMILES string of the molecule is N#[C][Fe][Fe][C]#N.[KH]. The number of nitrogens with zero attached hydrogens (tertiary/aromatic N) is 2. The summed E-state index contributed by atoms with van der Waals surface area (Å²) in [5.41, 5.74) is 0. The fourth-order valence-electron chi connectivity index (χ4n) is 0.0280. The minimum atomic E-state index is 0. The van der Waals surface area contributed by atoms with Crippen LogP contribution in [0.4, 0.5) is 0 Å². The van der Waals surface area contributed by atoms with Gasteiger partial charge in [0.2, 0.25) is 0 Å². The van der Waals surface area contributed by atoms with E-state index >= 15 is 0 Å². The van der Waals surface area contributed by atoms with Gasteiger partial charge >= 0.3 is 98.1 Å². The molecule has 0 radical (unpaired) electrons. The van der Waals surface area contributed by atoms with E-state index in [-0.39, 0.29) is 51.4 Å². The first-order valence-electron chi connectivity index (χ1n) is 0.926. The van der Waals surface area contributed by atoms with Crippen LogP contribution in [-0.2, 0) is 26.3 Å². The molecule has 0 heterocycles. The van der Waals surface area contributed by atoms with Crippen molar-refractivity contribution < 1.29 is 26.3 Å². The topological polar surface area (TPSA) is 47.6 Å².